The fraction of sp³-hybridized carbons (Fsp3) is 0.500. The van der Waals surface area contributed by atoms with Gasteiger partial charge in [-0.25, -0.2) is 0 Å². The highest BCUT2D eigenvalue weighted by molar-refractivity contribution is 9.10. The Kier molecular flexibility index (Phi) is 6.29. The summed E-state index contributed by atoms with van der Waals surface area (Å²) in [4.78, 5) is 11.2. The minimum Gasteiger partial charge on any atom is -0.496 e. The summed E-state index contributed by atoms with van der Waals surface area (Å²) in [5.41, 5.74) is 0.847. The molecular weight excluding hydrogens is 326 g/mol. The smallest absolute Gasteiger partial charge is 0.320 e. The lowest BCUT2D eigenvalue weighted by molar-refractivity contribution is -0.140. The van der Waals surface area contributed by atoms with E-state index in [2.05, 4.69) is 21.2 Å². The van der Waals surface area contributed by atoms with Crippen molar-refractivity contribution in [1.82, 2.24) is 5.32 Å². The van der Waals surface area contributed by atoms with Gasteiger partial charge in [-0.15, -0.1) is 0 Å². The summed E-state index contributed by atoms with van der Waals surface area (Å²) in [6.07, 6.45) is 0. The number of halogens is 1. The zero-order valence-electron chi connectivity index (χ0n) is 12.1. The number of methoxy groups -OCH3 is 2. The number of hydrogen-bond acceptors (Lipinski definition) is 4. The summed E-state index contributed by atoms with van der Waals surface area (Å²) in [5, 5.41) is 12.2. The number of nitrogens with one attached hydrogen (secondary N) is 1. The Hall–Kier alpha value is -1.27. The van der Waals surface area contributed by atoms with E-state index < -0.39 is 12.0 Å². The maximum Gasteiger partial charge on any atom is 0.320 e. The fourth-order valence-electron chi connectivity index (χ4n) is 1.89. The molecule has 5 nitrogen and oxygen atoms in total. The number of aliphatic carboxylic acids is 1. The van der Waals surface area contributed by atoms with Crippen molar-refractivity contribution >= 4 is 21.9 Å². The molecule has 20 heavy (non-hydrogen) atoms. The van der Waals surface area contributed by atoms with Crippen molar-refractivity contribution in [3.05, 3.63) is 22.2 Å². The van der Waals surface area contributed by atoms with Crippen LogP contribution in [0.5, 0.6) is 11.5 Å². The Morgan fingerprint density at radius 3 is 2.35 bits per heavy atom. The van der Waals surface area contributed by atoms with Crippen LogP contribution in [0.25, 0.3) is 0 Å². The molecule has 0 aliphatic heterocycles. The molecule has 0 aromatic heterocycles. The summed E-state index contributed by atoms with van der Waals surface area (Å²) >= 11 is 3.39. The van der Waals surface area contributed by atoms with Crippen LogP contribution in [0.4, 0.5) is 0 Å². The first-order valence-electron chi connectivity index (χ1n) is 6.27. The first kappa shape index (κ1) is 16.8. The van der Waals surface area contributed by atoms with Crippen molar-refractivity contribution in [2.24, 2.45) is 5.92 Å². The number of benzene rings is 1. The summed E-state index contributed by atoms with van der Waals surface area (Å²) in [5.74, 6) is 0.496. The van der Waals surface area contributed by atoms with Crippen molar-refractivity contribution in [1.29, 1.82) is 0 Å². The molecule has 1 atom stereocenters. The molecule has 0 saturated heterocycles. The van der Waals surface area contributed by atoms with Gasteiger partial charge >= 0.3 is 5.97 Å². The van der Waals surface area contributed by atoms with E-state index in [9.17, 15) is 4.79 Å². The summed E-state index contributed by atoms with van der Waals surface area (Å²) in [7, 11) is 3.16. The highest BCUT2D eigenvalue weighted by Gasteiger charge is 2.21. The topological polar surface area (TPSA) is 67.8 Å². The molecule has 112 valence electrons. The maximum atomic E-state index is 11.2. The molecule has 0 amide bonds. The molecule has 0 saturated carbocycles. The lowest BCUT2D eigenvalue weighted by Crippen LogP contribution is -2.40. The average Bonchev–Trinajstić information content (AvgIpc) is 2.39. The molecular formula is C14H20BrNO4. The van der Waals surface area contributed by atoms with Gasteiger partial charge in [0.2, 0.25) is 0 Å². The van der Waals surface area contributed by atoms with Crippen molar-refractivity contribution in [2.45, 2.75) is 26.4 Å². The van der Waals surface area contributed by atoms with E-state index in [0.29, 0.717) is 18.0 Å². The molecule has 0 heterocycles. The van der Waals surface area contributed by atoms with Crippen LogP contribution in [0.2, 0.25) is 0 Å². The average molecular weight is 346 g/mol. The maximum absolute atomic E-state index is 11.2. The van der Waals surface area contributed by atoms with Gasteiger partial charge in [0, 0.05) is 12.1 Å². The van der Waals surface area contributed by atoms with Crippen LogP contribution >= 0.6 is 15.9 Å². The molecule has 1 rings (SSSR count). The van der Waals surface area contributed by atoms with Gasteiger partial charge in [0.25, 0.3) is 0 Å². The molecule has 0 fully saturated rings. The van der Waals surface area contributed by atoms with Gasteiger partial charge in [-0.1, -0.05) is 13.8 Å². The number of ether oxygens (including phenoxy) is 2. The monoisotopic (exact) mass is 345 g/mol. The Morgan fingerprint density at radius 1 is 1.30 bits per heavy atom. The van der Waals surface area contributed by atoms with Crippen molar-refractivity contribution in [3.63, 3.8) is 0 Å². The Morgan fingerprint density at radius 2 is 1.90 bits per heavy atom. The number of carbonyl (C=O) groups is 1. The van der Waals surface area contributed by atoms with Crippen molar-refractivity contribution < 1.29 is 19.4 Å². The Bertz CT molecular complexity index is 476. The zero-order valence-corrected chi connectivity index (χ0v) is 13.7. The third kappa shape index (κ3) is 4.11. The molecule has 1 aromatic rings. The quantitative estimate of drug-likeness (QED) is 0.795. The van der Waals surface area contributed by atoms with E-state index in [1.165, 1.54) is 0 Å². The van der Waals surface area contributed by atoms with Gasteiger partial charge in [0.15, 0.2) is 0 Å². The van der Waals surface area contributed by atoms with Crippen LogP contribution in [-0.2, 0) is 11.3 Å². The molecule has 2 N–H and O–H groups in total. The molecule has 6 heteroatoms. The van der Waals surface area contributed by atoms with Gasteiger partial charge in [-0.2, -0.15) is 0 Å². The van der Waals surface area contributed by atoms with Gasteiger partial charge in [-0.05, 0) is 34.0 Å². The molecule has 1 aromatic carbocycles. The zero-order chi connectivity index (χ0) is 15.3. The van der Waals surface area contributed by atoms with E-state index in [-0.39, 0.29) is 5.92 Å². The second-order valence-corrected chi connectivity index (χ2v) is 5.59. The van der Waals surface area contributed by atoms with Crippen molar-refractivity contribution in [2.75, 3.05) is 14.2 Å². The van der Waals surface area contributed by atoms with Gasteiger partial charge in [-0.3, -0.25) is 10.1 Å². The SMILES string of the molecule is COc1cc(CNC(C(=O)O)C(C)C)c(OC)cc1Br. The highest BCUT2D eigenvalue weighted by Crippen LogP contribution is 2.32. The number of rotatable bonds is 7. The van der Waals surface area contributed by atoms with Crippen LogP contribution in [0, 0.1) is 5.92 Å². The van der Waals surface area contributed by atoms with E-state index in [1.807, 2.05) is 19.9 Å². The standard InChI is InChI=1S/C14H20BrNO4/c1-8(2)13(14(17)18)16-7-9-5-12(20-4)10(15)6-11(9)19-3/h5-6,8,13,16H,7H2,1-4H3,(H,17,18). The van der Waals surface area contributed by atoms with E-state index >= 15 is 0 Å². The molecule has 0 aliphatic rings. The van der Waals surface area contributed by atoms with Crippen LogP contribution < -0.4 is 14.8 Å². The first-order chi connectivity index (χ1) is 9.40. The molecule has 0 aliphatic carbocycles. The minimum absolute atomic E-state index is 0.00385. The largest absolute Gasteiger partial charge is 0.496 e. The summed E-state index contributed by atoms with van der Waals surface area (Å²) < 4.78 is 11.3. The first-order valence-corrected chi connectivity index (χ1v) is 7.06. The van der Waals surface area contributed by atoms with Crippen LogP contribution in [0.3, 0.4) is 0 Å². The fourth-order valence-corrected chi connectivity index (χ4v) is 2.37. The normalized spacial score (nSPS) is 12.3. The van der Waals surface area contributed by atoms with Crippen LogP contribution in [0.15, 0.2) is 16.6 Å². The second kappa shape index (κ2) is 7.50. The second-order valence-electron chi connectivity index (χ2n) is 4.74. The van der Waals surface area contributed by atoms with Gasteiger partial charge in [0.05, 0.1) is 18.7 Å². The number of hydrogen-bond donors (Lipinski definition) is 2. The van der Waals surface area contributed by atoms with E-state index in [4.69, 9.17) is 14.6 Å². The minimum atomic E-state index is -0.858. The summed E-state index contributed by atoms with van der Waals surface area (Å²) in [6, 6.07) is 3.03. The van der Waals surface area contributed by atoms with Gasteiger partial charge < -0.3 is 14.6 Å². The van der Waals surface area contributed by atoms with E-state index in [1.54, 1.807) is 20.3 Å². The van der Waals surface area contributed by atoms with Crippen molar-refractivity contribution in [3.8, 4) is 11.5 Å². The highest BCUT2D eigenvalue weighted by atomic mass is 79.9. The molecule has 0 bridgehead atoms. The lowest BCUT2D eigenvalue weighted by atomic mass is 10.0. The molecule has 0 spiro atoms. The predicted octanol–water partition coefficient (Wildman–Crippen LogP) is 2.67. The number of carboxylic acid groups (broad SMARTS) is 1. The predicted molar refractivity (Wildman–Crippen MR) is 80.3 cm³/mol. The van der Waals surface area contributed by atoms with Gasteiger partial charge in [0.1, 0.15) is 17.5 Å². The number of carboxylic acids is 1. The third-order valence-electron chi connectivity index (χ3n) is 3.00. The molecule has 0 radical (unpaired) electrons. The molecule has 1 unspecified atom stereocenters. The van der Waals surface area contributed by atoms with Crippen LogP contribution in [0.1, 0.15) is 19.4 Å². The lowest BCUT2D eigenvalue weighted by Gasteiger charge is -2.19. The third-order valence-corrected chi connectivity index (χ3v) is 3.62. The Balaban J connectivity index is 2.93. The summed E-state index contributed by atoms with van der Waals surface area (Å²) in [6.45, 7) is 4.12. The Labute approximate surface area is 127 Å². The van der Waals surface area contributed by atoms with E-state index in [0.717, 1.165) is 10.0 Å². The van der Waals surface area contributed by atoms with Crippen LogP contribution in [-0.4, -0.2) is 31.3 Å².